The number of carbonyl (C=O) groups excluding carboxylic acids is 1. The number of alkyl halides is 2. The second-order valence-electron chi connectivity index (χ2n) is 4.74. The van der Waals surface area contributed by atoms with Crippen molar-refractivity contribution in [2.45, 2.75) is 25.0 Å². The van der Waals surface area contributed by atoms with Gasteiger partial charge < -0.3 is 10.5 Å². The van der Waals surface area contributed by atoms with Gasteiger partial charge in [-0.25, -0.2) is 0 Å². The first kappa shape index (κ1) is 13.7. The third-order valence-electron chi connectivity index (χ3n) is 3.45. The van der Waals surface area contributed by atoms with Gasteiger partial charge in [-0.3, -0.25) is 9.69 Å². The monoisotopic (exact) mass is 270 g/mol. The minimum absolute atomic E-state index is 0.136. The smallest absolute Gasteiger partial charge is 0.387 e. The van der Waals surface area contributed by atoms with Gasteiger partial charge in [0.1, 0.15) is 5.75 Å². The molecule has 1 amide bonds. The molecule has 19 heavy (non-hydrogen) atoms. The molecule has 0 aliphatic carbocycles. The fourth-order valence-electron chi connectivity index (χ4n) is 2.50. The summed E-state index contributed by atoms with van der Waals surface area (Å²) in [5.74, 6) is -0.0118. The molecule has 2 N–H and O–H groups in total. The highest BCUT2D eigenvalue weighted by molar-refractivity contribution is 5.80. The van der Waals surface area contributed by atoms with E-state index in [9.17, 15) is 13.6 Å². The van der Waals surface area contributed by atoms with Crippen LogP contribution in [0.15, 0.2) is 24.3 Å². The molecule has 1 aromatic carbocycles. The van der Waals surface area contributed by atoms with Crippen molar-refractivity contribution in [2.75, 3.05) is 13.6 Å². The topological polar surface area (TPSA) is 55.6 Å². The van der Waals surface area contributed by atoms with Gasteiger partial charge >= 0.3 is 6.61 Å². The summed E-state index contributed by atoms with van der Waals surface area (Å²) in [6.45, 7) is -2.09. The number of halogens is 2. The standard InChI is InChI=1S/C13H16F2N2O2/c1-17-7-9(6-11(17)12(16)18)8-2-4-10(5-3-8)19-13(14)15/h2-5,9,11,13H,6-7H2,1H3,(H2,16,18)/t9-,11?/m0/s1. The molecule has 0 radical (unpaired) electrons. The highest BCUT2D eigenvalue weighted by Crippen LogP contribution is 2.31. The van der Waals surface area contributed by atoms with Gasteiger partial charge in [0.2, 0.25) is 5.91 Å². The molecule has 104 valence electrons. The first-order chi connectivity index (χ1) is 8.97. The largest absolute Gasteiger partial charge is 0.435 e. The summed E-state index contributed by atoms with van der Waals surface area (Å²) in [7, 11) is 1.85. The first-order valence-electron chi connectivity index (χ1n) is 6.01. The molecule has 1 aliphatic rings. The molecule has 6 heteroatoms. The lowest BCUT2D eigenvalue weighted by atomic mass is 9.96. The first-order valence-corrected chi connectivity index (χ1v) is 6.01. The van der Waals surface area contributed by atoms with Crippen LogP contribution < -0.4 is 10.5 Å². The van der Waals surface area contributed by atoms with Crippen LogP contribution in [0, 0.1) is 0 Å². The number of likely N-dealkylation sites (N-methyl/N-ethyl adjacent to an activating group) is 1. The Morgan fingerprint density at radius 1 is 1.42 bits per heavy atom. The van der Waals surface area contributed by atoms with E-state index in [0.29, 0.717) is 6.42 Å². The number of hydrogen-bond donors (Lipinski definition) is 1. The molecular formula is C13H16F2N2O2. The van der Waals surface area contributed by atoms with Crippen molar-refractivity contribution in [3.05, 3.63) is 29.8 Å². The van der Waals surface area contributed by atoms with Gasteiger partial charge in [-0.1, -0.05) is 12.1 Å². The van der Waals surface area contributed by atoms with Gasteiger partial charge in [0.15, 0.2) is 0 Å². The quantitative estimate of drug-likeness (QED) is 0.903. The lowest BCUT2D eigenvalue weighted by Crippen LogP contribution is -2.37. The van der Waals surface area contributed by atoms with Gasteiger partial charge in [-0.15, -0.1) is 0 Å². The Labute approximate surface area is 110 Å². The third-order valence-corrected chi connectivity index (χ3v) is 3.45. The van der Waals surface area contributed by atoms with Crippen molar-refractivity contribution in [3.8, 4) is 5.75 Å². The number of carbonyl (C=O) groups is 1. The van der Waals surface area contributed by atoms with Gasteiger partial charge in [-0.05, 0) is 37.1 Å². The maximum atomic E-state index is 12.0. The van der Waals surface area contributed by atoms with Crippen molar-refractivity contribution < 1.29 is 18.3 Å². The Kier molecular flexibility index (Phi) is 3.99. The molecule has 4 nitrogen and oxygen atoms in total. The number of benzene rings is 1. The minimum Gasteiger partial charge on any atom is -0.435 e. The number of nitrogens with zero attached hydrogens (tertiary/aromatic N) is 1. The molecule has 1 fully saturated rings. The van der Waals surface area contributed by atoms with Crippen molar-refractivity contribution in [1.82, 2.24) is 4.90 Å². The SMILES string of the molecule is CN1C[C@@H](c2ccc(OC(F)F)cc2)CC1C(N)=O. The van der Waals surface area contributed by atoms with Crippen LogP contribution >= 0.6 is 0 Å². The van der Waals surface area contributed by atoms with Gasteiger partial charge in [-0.2, -0.15) is 8.78 Å². The van der Waals surface area contributed by atoms with Crippen molar-refractivity contribution >= 4 is 5.91 Å². The molecule has 0 aromatic heterocycles. The molecule has 1 heterocycles. The average Bonchev–Trinajstić information content (AvgIpc) is 2.71. The fourth-order valence-corrected chi connectivity index (χ4v) is 2.50. The Bertz CT molecular complexity index is 450. The number of amides is 1. The molecule has 0 spiro atoms. The number of hydrogen-bond acceptors (Lipinski definition) is 3. The third kappa shape index (κ3) is 3.20. The molecule has 1 aromatic rings. The number of likely N-dealkylation sites (tertiary alicyclic amines) is 1. The van der Waals surface area contributed by atoms with Crippen LogP contribution in [0.4, 0.5) is 8.78 Å². The average molecular weight is 270 g/mol. The van der Waals surface area contributed by atoms with Gasteiger partial charge in [0.25, 0.3) is 0 Å². The van der Waals surface area contributed by atoms with Crippen LogP contribution in [0.3, 0.4) is 0 Å². The van der Waals surface area contributed by atoms with E-state index in [1.807, 2.05) is 11.9 Å². The number of rotatable bonds is 4. The Morgan fingerprint density at radius 3 is 2.53 bits per heavy atom. The summed E-state index contributed by atoms with van der Waals surface area (Å²) in [5.41, 5.74) is 6.32. The zero-order valence-corrected chi connectivity index (χ0v) is 10.6. The van der Waals surface area contributed by atoms with Gasteiger partial charge in [0.05, 0.1) is 6.04 Å². The van der Waals surface area contributed by atoms with E-state index >= 15 is 0 Å². The highest BCUT2D eigenvalue weighted by Gasteiger charge is 2.33. The number of primary amides is 1. The maximum absolute atomic E-state index is 12.0. The van der Waals surface area contributed by atoms with Crippen LogP contribution in [0.5, 0.6) is 5.75 Å². The number of nitrogens with two attached hydrogens (primary N) is 1. The predicted molar refractivity (Wildman–Crippen MR) is 66.0 cm³/mol. The van der Waals surface area contributed by atoms with Crippen LogP contribution in [-0.4, -0.2) is 37.1 Å². The van der Waals surface area contributed by atoms with E-state index in [4.69, 9.17) is 5.73 Å². The van der Waals surface area contributed by atoms with E-state index in [1.165, 1.54) is 12.1 Å². The molecule has 1 saturated heterocycles. The second kappa shape index (κ2) is 5.52. The molecule has 2 rings (SSSR count). The predicted octanol–water partition coefficient (Wildman–Crippen LogP) is 1.56. The molecule has 1 aliphatic heterocycles. The molecule has 0 saturated carbocycles. The normalized spacial score (nSPS) is 23.8. The summed E-state index contributed by atoms with van der Waals surface area (Å²) in [6.07, 6.45) is 0.654. The summed E-state index contributed by atoms with van der Waals surface area (Å²) in [5, 5.41) is 0. The highest BCUT2D eigenvalue weighted by atomic mass is 19.3. The van der Waals surface area contributed by atoms with Crippen LogP contribution in [0.2, 0.25) is 0 Å². The summed E-state index contributed by atoms with van der Waals surface area (Å²) >= 11 is 0. The lowest BCUT2D eigenvalue weighted by Gasteiger charge is -2.14. The molecule has 2 atom stereocenters. The Balaban J connectivity index is 2.05. The molecular weight excluding hydrogens is 254 g/mol. The summed E-state index contributed by atoms with van der Waals surface area (Å²) in [6, 6.07) is 6.26. The van der Waals surface area contributed by atoms with E-state index in [1.54, 1.807) is 12.1 Å². The Morgan fingerprint density at radius 2 is 2.05 bits per heavy atom. The minimum atomic E-state index is -2.82. The zero-order chi connectivity index (χ0) is 14.0. The summed E-state index contributed by atoms with van der Waals surface area (Å²) < 4.78 is 28.4. The second-order valence-corrected chi connectivity index (χ2v) is 4.74. The van der Waals surface area contributed by atoms with Crippen LogP contribution in [-0.2, 0) is 4.79 Å². The van der Waals surface area contributed by atoms with Crippen molar-refractivity contribution in [1.29, 1.82) is 0 Å². The van der Waals surface area contributed by atoms with E-state index in [2.05, 4.69) is 4.74 Å². The van der Waals surface area contributed by atoms with Crippen molar-refractivity contribution in [2.24, 2.45) is 5.73 Å². The van der Waals surface area contributed by atoms with Gasteiger partial charge in [0, 0.05) is 6.54 Å². The zero-order valence-electron chi connectivity index (χ0n) is 10.6. The van der Waals surface area contributed by atoms with E-state index < -0.39 is 6.61 Å². The van der Waals surface area contributed by atoms with E-state index in [0.717, 1.165) is 12.1 Å². The van der Waals surface area contributed by atoms with Crippen LogP contribution in [0.25, 0.3) is 0 Å². The van der Waals surface area contributed by atoms with Crippen molar-refractivity contribution in [3.63, 3.8) is 0 Å². The van der Waals surface area contributed by atoms with E-state index in [-0.39, 0.29) is 23.6 Å². The molecule has 1 unspecified atom stereocenters. The fraction of sp³-hybridized carbons (Fsp3) is 0.462. The lowest BCUT2D eigenvalue weighted by molar-refractivity contribution is -0.121. The van der Waals surface area contributed by atoms with Crippen LogP contribution in [0.1, 0.15) is 17.9 Å². The maximum Gasteiger partial charge on any atom is 0.387 e. The number of ether oxygens (including phenoxy) is 1. The molecule has 0 bridgehead atoms. The summed E-state index contributed by atoms with van der Waals surface area (Å²) in [4.78, 5) is 13.2. The Hall–Kier alpha value is -1.69.